The van der Waals surface area contributed by atoms with Crippen molar-refractivity contribution in [2.45, 2.75) is 57.5 Å². The van der Waals surface area contributed by atoms with Crippen LogP contribution in [0, 0.1) is 46.6 Å². The van der Waals surface area contributed by atoms with Gasteiger partial charge >= 0.3 is 6.11 Å². The summed E-state index contributed by atoms with van der Waals surface area (Å²) in [5.74, 6) is -10.5. The quantitative estimate of drug-likeness (QED) is 0.0997. The molecule has 242 valence electrons. The fraction of sp³-hybridized carbons (Fsp3) is 0.278. The van der Waals surface area contributed by atoms with E-state index in [1.807, 2.05) is 0 Å². The molecule has 10 heteroatoms. The summed E-state index contributed by atoms with van der Waals surface area (Å²) in [6.07, 6.45) is 4.77. The van der Waals surface area contributed by atoms with Gasteiger partial charge in [-0.1, -0.05) is 37.6 Å². The molecule has 4 aromatic carbocycles. The summed E-state index contributed by atoms with van der Waals surface area (Å²) in [4.78, 5) is 0. The molecule has 0 unspecified atom stereocenters. The monoisotopic (exact) mass is 648 g/mol. The molecule has 0 aromatic heterocycles. The first kappa shape index (κ1) is 33.2. The molecule has 0 radical (unpaired) electrons. The Labute approximate surface area is 260 Å². The van der Waals surface area contributed by atoms with Crippen LogP contribution in [0.15, 0.2) is 72.8 Å². The molecule has 1 nitrogen and oxygen atoms in total. The average Bonchev–Trinajstić information content (AvgIpc) is 2.99. The molecule has 0 aliphatic heterocycles. The second-order valence-electron chi connectivity index (χ2n) is 11.4. The highest BCUT2D eigenvalue weighted by atomic mass is 19.3. The van der Waals surface area contributed by atoms with Crippen LogP contribution in [0.1, 0.15) is 62.5 Å². The van der Waals surface area contributed by atoms with Crippen LogP contribution in [-0.2, 0) is 6.11 Å². The first-order valence-corrected chi connectivity index (χ1v) is 14.8. The van der Waals surface area contributed by atoms with Gasteiger partial charge in [-0.05, 0) is 103 Å². The summed E-state index contributed by atoms with van der Waals surface area (Å²) in [5.41, 5.74) is -2.25. The van der Waals surface area contributed by atoms with Gasteiger partial charge in [-0.3, -0.25) is 0 Å². The Hall–Kier alpha value is -4.21. The Kier molecular flexibility index (Phi) is 9.84. The van der Waals surface area contributed by atoms with Crippen LogP contribution in [0.25, 0.3) is 22.3 Å². The third-order valence-corrected chi connectivity index (χ3v) is 8.22. The van der Waals surface area contributed by atoms with Gasteiger partial charge in [0.05, 0.1) is 0 Å². The van der Waals surface area contributed by atoms with Crippen molar-refractivity contribution in [2.75, 3.05) is 0 Å². The topological polar surface area (TPSA) is 9.23 Å². The summed E-state index contributed by atoms with van der Waals surface area (Å²) in [6.45, 7) is 2.08. The maximum absolute atomic E-state index is 15.1. The van der Waals surface area contributed by atoms with E-state index in [0.29, 0.717) is 37.0 Å². The predicted octanol–water partition coefficient (Wildman–Crippen LogP) is 11.8. The first-order valence-electron chi connectivity index (χ1n) is 14.8. The van der Waals surface area contributed by atoms with Crippen molar-refractivity contribution in [3.8, 4) is 28.0 Å². The minimum Gasteiger partial charge on any atom is -0.429 e. The number of rotatable bonds is 9. The predicted molar refractivity (Wildman–Crippen MR) is 157 cm³/mol. The number of benzene rings is 4. The highest BCUT2D eigenvalue weighted by Crippen LogP contribution is 2.41. The Balaban J connectivity index is 1.31. The van der Waals surface area contributed by atoms with Crippen molar-refractivity contribution in [2.24, 2.45) is 5.92 Å². The zero-order chi connectivity index (χ0) is 33.2. The highest BCUT2D eigenvalue weighted by molar-refractivity contribution is 5.72. The Morgan fingerprint density at radius 2 is 1.24 bits per heavy atom. The highest BCUT2D eigenvalue weighted by Gasteiger charge is 2.41. The van der Waals surface area contributed by atoms with Gasteiger partial charge in [-0.15, -0.1) is 0 Å². The number of unbranched alkanes of at least 4 members (excludes halogenated alkanes) is 1. The molecule has 0 saturated heterocycles. The lowest BCUT2D eigenvalue weighted by atomic mass is 9.78. The maximum Gasteiger partial charge on any atom is 0.432 e. The average molecular weight is 649 g/mol. The fourth-order valence-electron chi connectivity index (χ4n) is 5.83. The van der Waals surface area contributed by atoms with Gasteiger partial charge in [-0.25, -0.2) is 30.7 Å². The number of ether oxygens (including phenoxy) is 1. The van der Waals surface area contributed by atoms with Gasteiger partial charge in [0.15, 0.2) is 17.5 Å². The van der Waals surface area contributed by atoms with E-state index in [1.54, 1.807) is 0 Å². The molecule has 1 saturated carbocycles. The zero-order valence-corrected chi connectivity index (χ0v) is 24.6. The number of allylic oxidation sites excluding steroid dienone is 2. The molecule has 1 fully saturated rings. The van der Waals surface area contributed by atoms with E-state index >= 15 is 13.2 Å². The lowest BCUT2D eigenvalue weighted by Gasteiger charge is -2.28. The molecule has 4 aromatic rings. The van der Waals surface area contributed by atoms with E-state index in [4.69, 9.17) is 0 Å². The third kappa shape index (κ3) is 7.11. The van der Waals surface area contributed by atoms with Crippen molar-refractivity contribution in [1.82, 2.24) is 0 Å². The van der Waals surface area contributed by atoms with Gasteiger partial charge in [0.25, 0.3) is 0 Å². The molecule has 0 spiro atoms. The van der Waals surface area contributed by atoms with E-state index < -0.39 is 58.1 Å². The van der Waals surface area contributed by atoms with E-state index in [2.05, 4.69) is 23.8 Å². The third-order valence-electron chi connectivity index (χ3n) is 8.22. The minimum atomic E-state index is -4.50. The zero-order valence-electron chi connectivity index (χ0n) is 24.6. The summed E-state index contributed by atoms with van der Waals surface area (Å²) >= 11 is 0. The molecule has 1 aliphatic carbocycles. The van der Waals surface area contributed by atoms with Gasteiger partial charge in [0, 0.05) is 17.2 Å². The van der Waals surface area contributed by atoms with Crippen molar-refractivity contribution in [1.29, 1.82) is 0 Å². The molecular weight excluding hydrogens is 619 g/mol. The summed E-state index contributed by atoms with van der Waals surface area (Å²) < 4.78 is 135. The standard InChI is InChI=1S/C36H29F9O/c1-2-3-4-5-20-6-8-21(9-7-20)23-15-30(39)34(31(40)16-23)36(44,45)46-25-11-13-26(29(38)19-25)22-10-12-27(28(37)14-22)24-17-32(41)35(43)33(42)18-24/h4-5,10-21H,2-3,6-9H2,1H3. The SMILES string of the molecule is CCCC=CC1CCC(c2cc(F)c(C(F)(F)Oc3ccc(-c4ccc(-c5cc(F)c(F)c(F)c5)c(F)c4)c(F)c3)c(F)c2)CC1. The number of hydrogen-bond donors (Lipinski definition) is 0. The molecule has 0 atom stereocenters. The molecular formula is C36H29F9O. The molecule has 46 heavy (non-hydrogen) atoms. The lowest BCUT2D eigenvalue weighted by molar-refractivity contribution is -0.189. The van der Waals surface area contributed by atoms with Crippen molar-refractivity contribution >= 4 is 0 Å². The summed E-state index contributed by atoms with van der Waals surface area (Å²) in [6, 6.07) is 8.57. The first-order chi connectivity index (χ1) is 21.9. The van der Waals surface area contributed by atoms with Crippen LogP contribution in [-0.4, -0.2) is 0 Å². The lowest BCUT2D eigenvalue weighted by Crippen LogP contribution is -2.25. The van der Waals surface area contributed by atoms with Crippen LogP contribution >= 0.6 is 0 Å². The van der Waals surface area contributed by atoms with E-state index in [0.717, 1.165) is 62.1 Å². The minimum absolute atomic E-state index is 0.0705. The number of alkyl halides is 2. The van der Waals surface area contributed by atoms with Crippen LogP contribution in [0.2, 0.25) is 0 Å². The van der Waals surface area contributed by atoms with Crippen LogP contribution in [0.5, 0.6) is 5.75 Å². The van der Waals surface area contributed by atoms with Gasteiger partial charge in [0.1, 0.15) is 34.6 Å². The van der Waals surface area contributed by atoms with E-state index in [9.17, 15) is 26.3 Å². The molecule has 0 bridgehead atoms. The second-order valence-corrected chi connectivity index (χ2v) is 11.4. The van der Waals surface area contributed by atoms with Crippen LogP contribution in [0.3, 0.4) is 0 Å². The molecule has 5 rings (SSSR count). The van der Waals surface area contributed by atoms with Crippen LogP contribution < -0.4 is 4.74 Å². The fourth-order valence-corrected chi connectivity index (χ4v) is 5.83. The Bertz CT molecular complexity index is 1710. The second kappa shape index (κ2) is 13.6. The molecule has 0 N–H and O–H groups in total. The summed E-state index contributed by atoms with van der Waals surface area (Å²) in [7, 11) is 0. The van der Waals surface area contributed by atoms with Gasteiger partial charge in [-0.2, -0.15) is 8.78 Å². The number of hydrogen-bond acceptors (Lipinski definition) is 1. The number of halogens is 9. The normalized spacial score (nSPS) is 17.1. The summed E-state index contributed by atoms with van der Waals surface area (Å²) in [5, 5.41) is 0. The smallest absolute Gasteiger partial charge is 0.429 e. The van der Waals surface area contributed by atoms with Crippen LogP contribution in [0.4, 0.5) is 39.5 Å². The van der Waals surface area contributed by atoms with Crippen molar-refractivity contribution in [3.63, 3.8) is 0 Å². The van der Waals surface area contributed by atoms with E-state index in [-0.39, 0.29) is 33.7 Å². The Morgan fingerprint density at radius 1 is 0.674 bits per heavy atom. The van der Waals surface area contributed by atoms with Crippen molar-refractivity contribution < 1.29 is 44.3 Å². The van der Waals surface area contributed by atoms with E-state index in [1.165, 1.54) is 6.07 Å². The van der Waals surface area contributed by atoms with Gasteiger partial charge < -0.3 is 4.74 Å². The van der Waals surface area contributed by atoms with Crippen molar-refractivity contribution in [3.05, 3.63) is 125 Å². The van der Waals surface area contributed by atoms with Gasteiger partial charge in [0.2, 0.25) is 0 Å². The molecule has 0 heterocycles. The Morgan fingerprint density at radius 3 is 1.83 bits per heavy atom. The largest absolute Gasteiger partial charge is 0.432 e. The maximum atomic E-state index is 15.1. The molecule has 0 amide bonds. The molecule has 1 aliphatic rings.